The third-order valence-corrected chi connectivity index (χ3v) is 5.44. The zero-order chi connectivity index (χ0) is 15.0. The summed E-state index contributed by atoms with van der Waals surface area (Å²) in [6.07, 6.45) is 0.854. The first-order valence-electron chi connectivity index (χ1n) is 7.38. The van der Waals surface area contributed by atoms with Crippen LogP contribution in [0.15, 0.2) is 24.3 Å². The van der Waals surface area contributed by atoms with Crippen LogP contribution in [-0.2, 0) is 6.42 Å². The van der Waals surface area contributed by atoms with E-state index >= 15 is 0 Å². The Morgan fingerprint density at radius 2 is 1.70 bits per heavy atom. The van der Waals surface area contributed by atoms with Crippen molar-refractivity contribution in [2.24, 2.45) is 22.5 Å². The van der Waals surface area contributed by atoms with Crippen molar-refractivity contribution in [2.75, 3.05) is 13.1 Å². The molecule has 0 saturated heterocycles. The monoisotopic (exact) mass is 274 g/mol. The molecule has 0 unspecified atom stereocenters. The maximum Gasteiger partial charge on any atom is 0.251 e. The average Bonchev–Trinajstić information content (AvgIpc) is 2.78. The molecule has 0 bridgehead atoms. The number of hydrogen-bond acceptors (Lipinski definition) is 2. The first kappa shape index (κ1) is 15.0. The lowest BCUT2D eigenvalue weighted by Gasteiger charge is -2.07. The van der Waals surface area contributed by atoms with Crippen LogP contribution in [0.5, 0.6) is 0 Å². The lowest BCUT2D eigenvalue weighted by Crippen LogP contribution is -2.27. The van der Waals surface area contributed by atoms with Gasteiger partial charge in [-0.1, -0.05) is 39.8 Å². The first-order valence-corrected chi connectivity index (χ1v) is 7.38. The van der Waals surface area contributed by atoms with Crippen LogP contribution in [0.25, 0.3) is 0 Å². The van der Waals surface area contributed by atoms with E-state index < -0.39 is 0 Å². The average molecular weight is 274 g/mol. The van der Waals surface area contributed by atoms with Crippen molar-refractivity contribution in [1.29, 1.82) is 0 Å². The number of nitrogens with two attached hydrogens (primary N) is 1. The molecule has 1 aromatic carbocycles. The van der Waals surface area contributed by atoms with Gasteiger partial charge in [-0.2, -0.15) is 0 Å². The normalized spacial score (nSPS) is 19.6. The fourth-order valence-electron chi connectivity index (χ4n) is 3.13. The molecule has 110 valence electrons. The fourth-order valence-corrected chi connectivity index (χ4v) is 3.13. The summed E-state index contributed by atoms with van der Waals surface area (Å²) in [5.41, 5.74) is 8.04. The van der Waals surface area contributed by atoms with Gasteiger partial charge >= 0.3 is 0 Å². The highest BCUT2D eigenvalue weighted by atomic mass is 16.1. The van der Waals surface area contributed by atoms with Gasteiger partial charge in [0.1, 0.15) is 0 Å². The summed E-state index contributed by atoms with van der Waals surface area (Å²) >= 11 is 0. The molecule has 20 heavy (non-hydrogen) atoms. The summed E-state index contributed by atoms with van der Waals surface area (Å²) in [6, 6.07) is 7.71. The number of nitrogens with one attached hydrogen (secondary N) is 1. The molecule has 1 fully saturated rings. The molecular weight excluding hydrogens is 248 g/mol. The van der Waals surface area contributed by atoms with E-state index in [2.05, 4.69) is 33.0 Å². The Balaban J connectivity index is 1.90. The highest BCUT2D eigenvalue weighted by Crippen LogP contribution is 2.67. The zero-order valence-electron chi connectivity index (χ0n) is 13.0. The van der Waals surface area contributed by atoms with Crippen LogP contribution in [-0.4, -0.2) is 19.0 Å². The van der Waals surface area contributed by atoms with E-state index in [1.54, 1.807) is 0 Å². The molecule has 0 radical (unpaired) electrons. The Bertz CT molecular complexity index is 474. The molecule has 3 nitrogen and oxygen atoms in total. The lowest BCUT2D eigenvalue weighted by molar-refractivity contribution is 0.0950. The SMILES string of the molecule is CC1(C)C(CNC(=O)c2ccc(CCN)cc2)C1(C)C. The van der Waals surface area contributed by atoms with Crippen LogP contribution < -0.4 is 11.1 Å². The standard InChI is InChI=1S/C17H26N2O/c1-16(2)14(17(16,3)4)11-19-15(20)13-7-5-12(6-8-13)9-10-18/h5-8,14H,9-11,18H2,1-4H3,(H,19,20). The van der Waals surface area contributed by atoms with E-state index in [1.807, 2.05) is 24.3 Å². The van der Waals surface area contributed by atoms with Crippen LogP contribution in [0.2, 0.25) is 0 Å². The van der Waals surface area contributed by atoms with Gasteiger partial charge in [0.2, 0.25) is 0 Å². The summed E-state index contributed by atoms with van der Waals surface area (Å²) in [5.74, 6) is 0.568. The van der Waals surface area contributed by atoms with E-state index in [4.69, 9.17) is 5.73 Å². The first-order chi connectivity index (χ1) is 9.30. The number of carbonyl (C=O) groups is 1. The Morgan fingerprint density at radius 3 is 2.15 bits per heavy atom. The van der Waals surface area contributed by atoms with Crippen LogP contribution in [0.1, 0.15) is 43.6 Å². The maximum atomic E-state index is 12.1. The molecule has 0 heterocycles. The number of carbonyl (C=O) groups excluding carboxylic acids is 1. The third kappa shape index (κ3) is 2.59. The van der Waals surface area contributed by atoms with E-state index in [1.165, 1.54) is 5.56 Å². The smallest absolute Gasteiger partial charge is 0.251 e. The van der Waals surface area contributed by atoms with E-state index in [0.29, 0.717) is 23.3 Å². The molecule has 0 spiro atoms. The van der Waals surface area contributed by atoms with E-state index in [-0.39, 0.29) is 5.91 Å². The second-order valence-electron chi connectivity index (χ2n) is 6.94. The highest BCUT2D eigenvalue weighted by Gasteiger charge is 2.64. The minimum absolute atomic E-state index is 0.0165. The molecule has 1 aromatic rings. The fraction of sp³-hybridized carbons (Fsp3) is 0.588. The van der Waals surface area contributed by atoms with Crippen LogP contribution in [0, 0.1) is 16.7 Å². The van der Waals surface area contributed by atoms with Gasteiger partial charge in [0.25, 0.3) is 5.91 Å². The van der Waals surface area contributed by atoms with Gasteiger partial charge in [0.05, 0.1) is 0 Å². The van der Waals surface area contributed by atoms with Gasteiger partial charge < -0.3 is 11.1 Å². The molecule has 1 aliphatic rings. The van der Waals surface area contributed by atoms with Crippen molar-refractivity contribution in [3.63, 3.8) is 0 Å². The summed E-state index contributed by atoms with van der Waals surface area (Å²) in [5, 5.41) is 3.06. The lowest BCUT2D eigenvalue weighted by atomic mass is 10.0. The van der Waals surface area contributed by atoms with Crippen molar-refractivity contribution in [1.82, 2.24) is 5.32 Å². The van der Waals surface area contributed by atoms with Gasteiger partial charge in [-0.25, -0.2) is 0 Å². The molecule has 0 aromatic heterocycles. The number of amides is 1. The predicted octanol–water partition coefficient (Wildman–Crippen LogP) is 2.60. The van der Waals surface area contributed by atoms with Gasteiger partial charge in [0.15, 0.2) is 0 Å². The Morgan fingerprint density at radius 1 is 1.15 bits per heavy atom. The zero-order valence-corrected chi connectivity index (χ0v) is 13.0. The van der Waals surface area contributed by atoms with Crippen LogP contribution in [0.4, 0.5) is 0 Å². The third-order valence-electron chi connectivity index (χ3n) is 5.44. The van der Waals surface area contributed by atoms with Gasteiger partial charge in [-0.15, -0.1) is 0 Å². The van der Waals surface area contributed by atoms with Gasteiger partial charge in [0, 0.05) is 12.1 Å². The van der Waals surface area contributed by atoms with Crippen molar-refractivity contribution in [3.8, 4) is 0 Å². The van der Waals surface area contributed by atoms with E-state index in [0.717, 1.165) is 18.5 Å². The molecule has 3 heteroatoms. The largest absolute Gasteiger partial charge is 0.352 e. The molecule has 1 saturated carbocycles. The Kier molecular flexibility index (Phi) is 3.92. The predicted molar refractivity (Wildman–Crippen MR) is 82.6 cm³/mol. The van der Waals surface area contributed by atoms with Crippen molar-refractivity contribution < 1.29 is 4.79 Å². The van der Waals surface area contributed by atoms with E-state index in [9.17, 15) is 4.79 Å². The Labute approximate surface area is 121 Å². The molecule has 3 N–H and O–H groups in total. The second kappa shape index (κ2) is 5.21. The summed E-state index contributed by atoms with van der Waals surface area (Å²) < 4.78 is 0. The minimum Gasteiger partial charge on any atom is -0.352 e. The summed E-state index contributed by atoms with van der Waals surface area (Å²) in [4.78, 5) is 12.1. The van der Waals surface area contributed by atoms with Crippen LogP contribution in [0.3, 0.4) is 0 Å². The molecule has 1 amide bonds. The van der Waals surface area contributed by atoms with Crippen LogP contribution >= 0.6 is 0 Å². The summed E-state index contributed by atoms with van der Waals surface area (Å²) in [7, 11) is 0. The quantitative estimate of drug-likeness (QED) is 0.867. The van der Waals surface area contributed by atoms with Crippen molar-refractivity contribution >= 4 is 5.91 Å². The number of benzene rings is 1. The Hall–Kier alpha value is -1.35. The molecule has 0 aliphatic heterocycles. The highest BCUT2D eigenvalue weighted by molar-refractivity contribution is 5.94. The summed E-state index contributed by atoms with van der Waals surface area (Å²) in [6.45, 7) is 10.5. The maximum absolute atomic E-state index is 12.1. The molecule has 0 atom stereocenters. The van der Waals surface area contributed by atoms with Gasteiger partial charge in [-0.05, 0) is 47.4 Å². The molecular formula is C17H26N2O. The van der Waals surface area contributed by atoms with Crippen molar-refractivity contribution in [2.45, 2.75) is 34.1 Å². The second-order valence-corrected chi connectivity index (χ2v) is 6.94. The number of rotatable bonds is 5. The molecule has 2 rings (SSSR count). The number of hydrogen-bond donors (Lipinski definition) is 2. The molecule has 1 aliphatic carbocycles. The topological polar surface area (TPSA) is 55.1 Å². The minimum atomic E-state index is 0.0165. The van der Waals surface area contributed by atoms with Gasteiger partial charge in [-0.3, -0.25) is 4.79 Å². The van der Waals surface area contributed by atoms with Crippen molar-refractivity contribution in [3.05, 3.63) is 35.4 Å².